The number of hydrogen-bond acceptors (Lipinski definition) is 7. The summed E-state index contributed by atoms with van der Waals surface area (Å²) >= 11 is 0. The van der Waals surface area contributed by atoms with Crippen LogP contribution in [0.3, 0.4) is 0 Å². The zero-order chi connectivity index (χ0) is 27.4. The lowest BCUT2D eigenvalue weighted by Gasteiger charge is -2.38. The van der Waals surface area contributed by atoms with Crippen LogP contribution in [0.15, 0.2) is 12.4 Å². The number of carbonyl (C=O) groups is 2. The van der Waals surface area contributed by atoms with Crippen LogP contribution in [0.2, 0.25) is 0 Å². The average Bonchev–Trinajstić information content (AvgIpc) is 3.14. The van der Waals surface area contributed by atoms with Crippen LogP contribution in [0.5, 0.6) is 0 Å². The molecule has 2 amide bonds. The third-order valence-electron chi connectivity index (χ3n) is 6.11. The maximum Gasteiger partial charge on any atom is 0.410 e. The Kier molecular flexibility index (Phi) is 9.33. The molecule has 2 aromatic rings. The molecule has 0 unspecified atom stereocenters. The number of fused-ring (bicyclic) bond motifs is 1. The smallest absolute Gasteiger partial charge is 0.410 e. The van der Waals surface area contributed by atoms with Gasteiger partial charge in [-0.05, 0) is 58.8 Å². The summed E-state index contributed by atoms with van der Waals surface area (Å²) in [5.41, 5.74) is 1.12. The molecule has 0 aliphatic carbocycles. The molecule has 0 spiro atoms. The molecule has 0 radical (unpaired) electrons. The van der Waals surface area contributed by atoms with Gasteiger partial charge in [-0.1, -0.05) is 6.92 Å². The minimum atomic E-state index is -0.641. The number of carbonyl (C=O) groups excluding carboxylic acids is 2. The second-order valence-corrected chi connectivity index (χ2v) is 16.2. The molecule has 2 atom stereocenters. The van der Waals surface area contributed by atoms with E-state index in [-0.39, 0.29) is 24.0 Å². The van der Waals surface area contributed by atoms with E-state index in [2.05, 4.69) is 41.3 Å². The van der Waals surface area contributed by atoms with Crippen LogP contribution in [0.1, 0.15) is 51.4 Å². The molecule has 208 valence electrons. The molecule has 10 nitrogen and oxygen atoms in total. The van der Waals surface area contributed by atoms with Crippen LogP contribution in [0, 0.1) is 5.92 Å². The number of amides is 2. The lowest BCUT2D eigenvalue weighted by atomic mass is 9.94. The van der Waals surface area contributed by atoms with Crippen molar-refractivity contribution in [2.24, 2.45) is 5.92 Å². The Morgan fingerprint density at radius 2 is 1.97 bits per heavy atom. The summed E-state index contributed by atoms with van der Waals surface area (Å²) in [5, 5.41) is 6.35. The number of likely N-dealkylation sites (tertiary alicyclic amines) is 1. The third-order valence-corrected chi connectivity index (χ3v) is 7.50. The van der Waals surface area contributed by atoms with Gasteiger partial charge in [0, 0.05) is 37.6 Å². The highest BCUT2D eigenvalue weighted by Crippen LogP contribution is 2.33. The van der Waals surface area contributed by atoms with Crippen molar-refractivity contribution in [1.82, 2.24) is 24.8 Å². The van der Waals surface area contributed by atoms with Gasteiger partial charge in [-0.3, -0.25) is 4.79 Å². The molecule has 1 aliphatic rings. The summed E-state index contributed by atoms with van der Waals surface area (Å²) in [4.78, 5) is 36.5. The normalized spacial score (nSPS) is 19.1. The van der Waals surface area contributed by atoms with Crippen molar-refractivity contribution in [1.29, 1.82) is 0 Å². The van der Waals surface area contributed by atoms with E-state index in [1.807, 2.05) is 32.3 Å². The Hall–Kier alpha value is -2.53. The van der Waals surface area contributed by atoms with E-state index in [4.69, 9.17) is 14.5 Å². The van der Waals surface area contributed by atoms with E-state index < -0.39 is 15.6 Å². The number of nitrogens with one attached hydrogen (secondary N) is 2. The van der Waals surface area contributed by atoms with Gasteiger partial charge in [-0.2, -0.15) is 0 Å². The zero-order valence-electron chi connectivity index (χ0n) is 23.6. The minimum Gasteiger partial charge on any atom is -0.444 e. The quantitative estimate of drug-likeness (QED) is 0.468. The van der Waals surface area contributed by atoms with E-state index in [9.17, 15) is 9.59 Å². The predicted octanol–water partition coefficient (Wildman–Crippen LogP) is 3.91. The van der Waals surface area contributed by atoms with Gasteiger partial charge in [0.05, 0.1) is 18.4 Å². The van der Waals surface area contributed by atoms with Crippen molar-refractivity contribution in [2.45, 2.75) is 59.4 Å². The van der Waals surface area contributed by atoms with Crippen molar-refractivity contribution in [2.75, 3.05) is 56.1 Å². The number of ether oxygens (including phenoxy) is 2. The third kappa shape index (κ3) is 8.23. The molecule has 3 heterocycles. The first-order valence-electron chi connectivity index (χ1n) is 12.9. The van der Waals surface area contributed by atoms with Gasteiger partial charge >= 0.3 is 6.09 Å². The van der Waals surface area contributed by atoms with Crippen molar-refractivity contribution < 1.29 is 19.1 Å². The first kappa shape index (κ1) is 29.0. The maximum absolute atomic E-state index is 12.8. The Balaban J connectivity index is 1.73. The van der Waals surface area contributed by atoms with E-state index in [0.29, 0.717) is 55.5 Å². The molecule has 37 heavy (non-hydrogen) atoms. The number of piperidine rings is 1. The second kappa shape index (κ2) is 11.9. The van der Waals surface area contributed by atoms with Crippen LogP contribution >= 0.6 is 10.0 Å². The molecule has 0 saturated carbocycles. The van der Waals surface area contributed by atoms with Gasteiger partial charge in [0.1, 0.15) is 23.7 Å². The highest BCUT2D eigenvalue weighted by atomic mass is 32.3. The molecule has 1 fully saturated rings. The number of nitrogens with zero attached hydrogens (tertiary/aromatic N) is 4. The Morgan fingerprint density at radius 1 is 1.24 bits per heavy atom. The topological polar surface area (TPSA) is 111 Å². The maximum atomic E-state index is 12.8. The van der Waals surface area contributed by atoms with Crippen LogP contribution in [-0.2, 0) is 16.2 Å². The highest BCUT2D eigenvalue weighted by molar-refractivity contribution is 8.32. The van der Waals surface area contributed by atoms with E-state index >= 15 is 0 Å². The molecule has 1 aliphatic heterocycles. The Labute approximate surface area is 222 Å². The SMILES string of the molecule is CCNC(=O)c1cn(COCCS(C)(C)C)c2ncc(N[C@@H]3CCN(C(=O)OC(C)(C)C)C[C@@H]3C)nc12. The average molecular weight is 537 g/mol. The minimum absolute atomic E-state index is 0.115. The summed E-state index contributed by atoms with van der Waals surface area (Å²) < 4.78 is 13.3. The highest BCUT2D eigenvalue weighted by Gasteiger charge is 2.31. The lowest BCUT2D eigenvalue weighted by molar-refractivity contribution is 0.0164. The molecule has 11 heteroatoms. The van der Waals surface area contributed by atoms with Crippen molar-refractivity contribution in [3.8, 4) is 0 Å². The van der Waals surface area contributed by atoms with Crippen LogP contribution in [-0.4, -0.2) is 93.8 Å². The summed E-state index contributed by atoms with van der Waals surface area (Å²) in [6.07, 6.45) is 10.7. The van der Waals surface area contributed by atoms with Crippen molar-refractivity contribution >= 4 is 39.0 Å². The first-order valence-corrected chi connectivity index (χ1v) is 15.9. The lowest BCUT2D eigenvalue weighted by Crippen LogP contribution is -2.49. The zero-order valence-corrected chi connectivity index (χ0v) is 24.4. The molecule has 0 bridgehead atoms. The molecule has 2 N–H and O–H groups in total. The van der Waals surface area contributed by atoms with Gasteiger partial charge < -0.3 is 29.6 Å². The molecule has 0 aromatic carbocycles. The summed E-state index contributed by atoms with van der Waals surface area (Å²) in [6, 6.07) is 0.115. The fourth-order valence-corrected chi connectivity index (χ4v) is 4.77. The fraction of sp³-hybridized carbons (Fsp3) is 0.692. The van der Waals surface area contributed by atoms with Gasteiger partial charge in [0.25, 0.3) is 5.91 Å². The number of aromatic nitrogens is 3. The van der Waals surface area contributed by atoms with E-state index in [0.717, 1.165) is 12.2 Å². The van der Waals surface area contributed by atoms with Crippen molar-refractivity contribution in [3.05, 3.63) is 18.0 Å². The molecule has 3 rings (SSSR count). The summed E-state index contributed by atoms with van der Waals surface area (Å²) in [7, 11) is -0.641. The summed E-state index contributed by atoms with van der Waals surface area (Å²) in [5.74, 6) is 1.62. The standard InChI is InChI=1S/C26H44N6O4S/c1-9-27-24(33)19-16-32(17-35-12-13-37(6,7)8)23-22(19)30-21(14-28-23)29-20-10-11-31(15-18(20)2)25(34)36-26(3,4)5/h14,16,18,20H,9-13,15,17H2,1-8H3,(H,27,33)(H,29,30)/t18-,20+/m0/s1. The molecular weight excluding hydrogens is 492 g/mol. The largest absolute Gasteiger partial charge is 0.444 e. The number of rotatable bonds is 9. The predicted molar refractivity (Wildman–Crippen MR) is 151 cm³/mol. The number of anilines is 1. The monoisotopic (exact) mass is 536 g/mol. The van der Waals surface area contributed by atoms with Crippen LogP contribution in [0.25, 0.3) is 11.2 Å². The van der Waals surface area contributed by atoms with Crippen LogP contribution < -0.4 is 10.6 Å². The fourth-order valence-electron chi connectivity index (χ4n) is 4.16. The summed E-state index contributed by atoms with van der Waals surface area (Å²) in [6.45, 7) is 12.3. The van der Waals surface area contributed by atoms with Gasteiger partial charge in [-0.15, -0.1) is 0 Å². The first-order chi connectivity index (χ1) is 17.3. The van der Waals surface area contributed by atoms with E-state index in [1.165, 1.54) is 0 Å². The van der Waals surface area contributed by atoms with E-state index in [1.54, 1.807) is 17.3 Å². The number of hydrogen-bond donors (Lipinski definition) is 2. The molecule has 2 aromatic heterocycles. The molecular formula is C26H44N6O4S. The van der Waals surface area contributed by atoms with Gasteiger partial charge in [0.15, 0.2) is 5.65 Å². The van der Waals surface area contributed by atoms with Gasteiger partial charge in [-0.25, -0.2) is 24.8 Å². The second-order valence-electron chi connectivity index (χ2n) is 11.6. The Bertz CT molecular complexity index is 1090. The van der Waals surface area contributed by atoms with Crippen molar-refractivity contribution in [3.63, 3.8) is 0 Å². The van der Waals surface area contributed by atoms with Gasteiger partial charge in [0.2, 0.25) is 0 Å². The Morgan fingerprint density at radius 3 is 2.59 bits per heavy atom. The van der Waals surface area contributed by atoms with Crippen LogP contribution in [0.4, 0.5) is 10.6 Å². The molecule has 1 saturated heterocycles.